The third kappa shape index (κ3) is 4.05. The maximum absolute atomic E-state index is 12.2. The van der Waals surface area contributed by atoms with E-state index in [0.29, 0.717) is 25.1 Å². The topological polar surface area (TPSA) is 87.3 Å². The van der Waals surface area contributed by atoms with Crippen molar-refractivity contribution in [3.63, 3.8) is 0 Å². The van der Waals surface area contributed by atoms with Crippen LogP contribution in [-0.2, 0) is 20.8 Å². The van der Waals surface area contributed by atoms with Crippen LogP contribution >= 0.6 is 0 Å². The van der Waals surface area contributed by atoms with Crippen molar-refractivity contribution < 1.29 is 14.4 Å². The Morgan fingerprint density at radius 3 is 2.76 bits per heavy atom. The van der Waals surface area contributed by atoms with Gasteiger partial charge in [0.15, 0.2) is 0 Å². The molecule has 1 saturated heterocycles. The number of anilines is 1. The van der Waals surface area contributed by atoms with Crippen molar-refractivity contribution in [3.05, 3.63) is 29.8 Å². The van der Waals surface area contributed by atoms with Gasteiger partial charge in [-0.2, -0.15) is 0 Å². The molecule has 3 amide bonds. The Morgan fingerprint density at radius 1 is 1.33 bits per heavy atom. The summed E-state index contributed by atoms with van der Waals surface area (Å²) in [6.45, 7) is 0.363. The lowest BCUT2D eigenvalue weighted by Crippen LogP contribution is -2.40. The van der Waals surface area contributed by atoms with E-state index in [0.717, 1.165) is 5.56 Å². The summed E-state index contributed by atoms with van der Waals surface area (Å²) in [6, 6.07) is 7.23. The summed E-state index contributed by atoms with van der Waals surface area (Å²) in [4.78, 5) is 34.8. The third-order valence-electron chi connectivity index (χ3n) is 3.54. The molecule has 1 aromatic rings. The van der Waals surface area contributed by atoms with Gasteiger partial charge in [-0.1, -0.05) is 18.2 Å². The minimum Gasteiger partial charge on any atom is -0.359 e. The Balaban J connectivity index is 2.03. The molecule has 3 N–H and O–H groups in total. The maximum Gasteiger partial charge on any atom is 0.229 e. The van der Waals surface area contributed by atoms with E-state index < -0.39 is 0 Å². The van der Waals surface area contributed by atoms with Crippen LogP contribution in [0.4, 0.5) is 5.69 Å². The highest BCUT2D eigenvalue weighted by atomic mass is 16.2. The molecule has 21 heavy (non-hydrogen) atoms. The van der Waals surface area contributed by atoms with Crippen molar-refractivity contribution in [2.24, 2.45) is 5.92 Å². The minimum absolute atomic E-state index is 0.0148. The van der Waals surface area contributed by atoms with Gasteiger partial charge in [0.2, 0.25) is 17.7 Å². The number of amides is 3. The summed E-state index contributed by atoms with van der Waals surface area (Å²) in [6.07, 6.45) is 1.14. The first-order valence-electron chi connectivity index (χ1n) is 6.96. The molecule has 1 aromatic carbocycles. The van der Waals surface area contributed by atoms with E-state index >= 15 is 0 Å². The van der Waals surface area contributed by atoms with Gasteiger partial charge in [0, 0.05) is 25.7 Å². The number of hydrogen-bond donors (Lipinski definition) is 3. The zero-order valence-electron chi connectivity index (χ0n) is 11.9. The van der Waals surface area contributed by atoms with Crippen molar-refractivity contribution in [1.29, 1.82) is 0 Å². The minimum atomic E-state index is -0.226. The number of carbonyl (C=O) groups is 3. The molecule has 2 rings (SSSR count). The summed E-state index contributed by atoms with van der Waals surface area (Å²) >= 11 is 0. The number of carbonyl (C=O) groups excluding carboxylic acids is 3. The third-order valence-corrected chi connectivity index (χ3v) is 3.54. The van der Waals surface area contributed by atoms with Gasteiger partial charge in [0.1, 0.15) is 0 Å². The molecule has 1 atom stereocenters. The Hall–Kier alpha value is -2.37. The van der Waals surface area contributed by atoms with Gasteiger partial charge in [0.05, 0.1) is 12.3 Å². The molecule has 112 valence electrons. The van der Waals surface area contributed by atoms with Gasteiger partial charge in [-0.05, 0) is 18.1 Å². The van der Waals surface area contributed by atoms with E-state index in [2.05, 4.69) is 16.0 Å². The first-order valence-corrected chi connectivity index (χ1v) is 6.96. The summed E-state index contributed by atoms with van der Waals surface area (Å²) in [5.74, 6) is -0.476. The first-order chi connectivity index (χ1) is 10.1. The molecule has 1 unspecified atom stereocenters. The molecule has 0 aromatic heterocycles. The van der Waals surface area contributed by atoms with Crippen molar-refractivity contribution in [1.82, 2.24) is 10.6 Å². The lowest BCUT2D eigenvalue weighted by molar-refractivity contribution is -0.126. The Kier molecular flexibility index (Phi) is 4.92. The summed E-state index contributed by atoms with van der Waals surface area (Å²) < 4.78 is 0. The number of nitrogens with one attached hydrogen (secondary N) is 3. The molecular weight excluding hydrogens is 270 g/mol. The summed E-state index contributed by atoms with van der Waals surface area (Å²) in [5, 5.41) is 8.11. The van der Waals surface area contributed by atoms with Crippen LogP contribution < -0.4 is 16.0 Å². The molecule has 1 aliphatic heterocycles. The number of para-hydroxylation sites is 1. The Labute approximate surface area is 123 Å². The van der Waals surface area contributed by atoms with E-state index in [1.165, 1.54) is 0 Å². The normalized spacial score (nSPS) is 17.8. The van der Waals surface area contributed by atoms with Crippen LogP contribution in [0.5, 0.6) is 0 Å². The average molecular weight is 289 g/mol. The van der Waals surface area contributed by atoms with Crippen LogP contribution in [-0.4, -0.2) is 31.3 Å². The lowest BCUT2D eigenvalue weighted by Gasteiger charge is -2.22. The summed E-state index contributed by atoms with van der Waals surface area (Å²) in [5.41, 5.74) is 1.41. The van der Waals surface area contributed by atoms with E-state index in [4.69, 9.17) is 0 Å². The fraction of sp³-hybridized carbons (Fsp3) is 0.400. The maximum atomic E-state index is 12.2. The predicted octanol–water partition coefficient (Wildman–Crippen LogP) is 0.440. The molecular formula is C15H19N3O3. The Morgan fingerprint density at radius 2 is 2.10 bits per heavy atom. The number of likely N-dealkylation sites (N-methyl/N-ethyl adjacent to an activating group) is 1. The van der Waals surface area contributed by atoms with E-state index in [9.17, 15) is 14.4 Å². The molecule has 1 aliphatic rings. The number of rotatable bonds is 4. The molecule has 0 bridgehead atoms. The van der Waals surface area contributed by atoms with Crippen molar-refractivity contribution >= 4 is 23.4 Å². The van der Waals surface area contributed by atoms with Crippen LogP contribution in [0.25, 0.3) is 0 Å². The largest absolute Gasteiger partial charge is 0.359 e. The van der Waals surface area contributed by atoms with Gasteiger partial charge in [-0.25, -0.2) is 0 Å². The molecule has 0 spiro atoms. The van der Waals surface area contributed by atoms with E-state index in [1.54, 1.807) is 13.1 Å². The van der Waals surface area contributed by atoms with Gasteiger partial charge >= 0.3 is 0 Å². The standard InChI is InChI=1S/C15H19N3O3/c1-16-14(20)8-10-4-2-3-5-12(10)18-15(21)11-6-7-13(19)17-9-11/h2-5,11H,6-9H2,1H3,(H,16,20)(H,17,19)(H,18,21). The van der Waals surface area contributed by atoms with Gasteiger partial charge in [-0.3, -0.25) is 14.4 Å². The first kappa shape index (κ1) is 15.0. The molecule has 1 fully saturated rings. The second-order valence-electron chi connectivity index (χ2n) is 5.04. The van der Waals surface area contributed by atoms with Crippen molar-refractivity contribution in [2.75, 3.05) is 18.9 Å². The highest BCUT2D eigenvalue weighted by Crippen LogP contribution is 2.19. The summed E-state index contributed by atoms with van der Waals surface area (Å²) in [7, 11) is 1.58. The second-order valence-corrected chi connectivity index (χ2v) is 5.04. The van der Waals surface area contributed by atoms with Gasteiger partial charge in [-0.15, -0.1) is 0 Å². The Bertz CT molecular complexity index is 547. The molecule has 6 heteroatoms. The number of piperidine rings is 1. The molecule has 0 saturated carbocycles. The average Bonchev–Trinajstić information content (AvgIpc) is 2.49. The smallest absolute Gasteiger partial charge is 0.229 e. The van der Waals surface area contributed by atoms with Crippen LogP contribution in [0.1, 0.15) is 18.4 Å². The fourth-order valence-electron chi connectivity index (χ4n) is 2.25. The zero-order chi connectivity index (χ0) is 15.2. The molecule has 0 radical (unpaired) electrons. The fourth-order valence-corrected chi connectivity index (χ4v) is 2.25. The van der Waals surface area contributed by atoms with Crippen LogP contribution in [0.2, 0.25) is 0 Å². The van der Waals surface area contributed by atoms with Crippen LogP contribution in [0.3, 0.4) is 0 Å². The van der Waals surface area contributed by atoms with Gasteiger partial charge in [0.25, 0.3) is 0 Å². The van der Waals surface area contributed by atoms with Gasteiger partial charge < -0.3 is 16.0 Å². The SMILES string of the molecule is CNC(=O)Cc1ccccc1NC(=O)C1CCC(=O)NC1. The zero-order valence-corrected chi connectivity index (χ0v) is 11.9. The second kappa shape index (κ2) is 6.88. The highest BCUT2D eigenvalue weighted by molar-refractivity contribution is 5.95. The molecule has 0 aliphatic carbocycles. The lowest BCUT2D eigenvalue weighted by atomic mass is 9.98. The number of benzene rings is 1. The quantitative estimate of drug-likeness (QED) is 0.751. The molecule has 6 nitrogen and oxygen atoms in total. The number of hydrogen-bond acceptors (Lipinski definition) is 3. The van der Waals surface area contributed by atoms with Crippen molar-refractivity contribution in [2.45, 2.75) is 19.3 Å². The monoisotopic (exact) mass is 289 g/mol. The van der Waals surface area contributed by atoms with Crippen LogP contribution in [0.15, 0.2) is 24.3 Å². The van der Waals surface area contributed by atoms with E-state index in [1.807, 2.05) is 18.2 Å². The molecule has 1 heterocycles. The van der Waals surface area contributed by atoms with Crippen molar-refractivity contribution in [3.8, 4) is 0 Å². The van der Waals surface area contributed by atoms with Crippen LogP contribution in [0, 0.1) is 5.92 Å². The predicted molar refractivity (Wildman–Crippen MR) is 78.6 cm³/mol. The highest BCUT2D eigenvalue weighted by Gasteiger charge is 2.24. The van der Waals surface area contributed by atoms with E-state index in [-0.39, 0.29) is 30.1 Å².